The van der Waals surface area contributed by atoms with Crippen LogP contribution in [0, 0.1) is 13.8 Å². The van der Waals surface area contributed by atoms with Gasteiger partial charge in [-0.3, -0.25) is 4.68 Å². The van der Waals surface area contributed by atoms with Crippen molar-refractivity contribution in [3.8, 4) is 0 Å². The van der Waals surface area contributed by atoms with E-state index in [-0.39, 0.29) is 5.56 Å². The number of aryl methyl sites for hydroxylation is 2. The topological polar surface area (TPSA) is 29.9 Å². The van der Waals surface area contributed by atoms with Crippen LogP contribution in [0.15, 0.2) is 0 Å². The molecule has 6 heteroatoms. The van der Waals surface area contributed by atoms with Gasteiger partial charge in [-0.25, -0.2) is 0 Å². The number of nitrogens with zero attached hydrogens (tertiary/aromatic N) is 2. The maximum absolute atomic E-state index is 12.7. The van der Waals surface area contributed by atoms with Gasteiger partial charge in [-0.15, -0.1) is 0 Å². The Morgan fingerprint density at radius 2 is 1.87 bits per heavy atom. The summed E-state index contributed by atoms with van der Waals surface area (Å²) in [4.78, 5) is 0. The molecule has 1 atom stereocenters. The fourth-order valence-electron chi connectivity index (χ4n) is 1.68. The van der Waals surface area contributed by atoms with Crippen LogP contribution in [0.2, 0.25) is 0 Å². The summed E-state index contributed by atoms with van der Waals surface area (Å²) in [6.07, 6.45) is -4.30. The predicted molar refractivity (Wildman–Crippen MR) is 50.5 cm³/mol. The van der Waals surface area contributed by atoms with Crippen molar-refractivity contribution in [3.05, 3.63) is 17.0 Å². The number of nitrogens with one attached hydrogen (secondary N) is 1. The normalized spacial score (nSPS) is 14.3. The van der Waals surface area contributed by atoms with Gasteiger partial charge in [-0.05, 0) is 20.9 Å². The molecule has 1 unspecified atom stereocenters. The largest absolute Gasteiger partial charge is 0.408 e. The van der Waals surface area contributed by atoms with Crippen LogP contribution in [0.3, 0.4) is 0 Å². The lowest BCUT2D eigenvalue weighted by atomic mass is 10.0. The van der Waals surface area contributed by atoms with E-state index >= 15 is 0 Å². The van der Waals surface area contributed by atoms with Gasteiger partial charge >= 0.3 is 6.18 Å². The second-order valence-corrected chi connectivity index (χ2v) is 3.47. The molecular formula is C9H14F3N3. The van der Waals surface area contributed by atoms with Crippen LogP contribution in [-0.2, 0) is 7.05 Å². The van der Waals surface area contributed by atoms with E-state index in [2.05, 4.69) is 10.4 Å². The molecule has 0 aliphatic carbocycles. The second-order valence-electron chi connectivity index (χ2n) is 3.47. The molecule has 0 saturated heterocycles. The van der Waals surface area contributed by atoms with Crippen LogP contribution < -0.4 is 5.32 Å². The Bertz CT molecular complexity index is 354. The average molecular weight is 221 g/mol. The van der Waals surface area contributed by atoms with Gasteiger partial charge in [-0.1, -0.05) is 0 Å². The molecule has 0 fully saturated rings. The third kappa shape index (κ3) is 2.14. The summed E-state index contributed by atoms with van der Waals surface area (Å²) >= 11 is 0. The molecule has 1 aromatic rings. The first-order valence-corrected chi connectivity index (χ1v) is 4.53. The molecule has 0 amide bonds. The first-order chi connectivity index (χ1) is 6.79. The summed E-state index contributed by atoms with van der Waals surface area (Å²) in [6.45, 7) is 3.21. The molecule has 0 radical (unpaired) electrons. The van der Waals surface area contributed by atoms with E-state index in [0.717, 1.165) is 0 Å². The highest BCUT2D eigenvalue weighted by molar-refractivity contribution is 5.29. The summed E-state index contributed by atoms with van der Waals surface area (Å²) < 4.78 is 39.5. The maximum atomic E-state index is 12.7. The zero-order chi connectivity index (χ0) is 11.8. The number of hydrogen-bond donors (Lipinski definition) is 1. The van der Waals surface area contributed by atoms with Gasteiger partial charge in [-0.2, -0.15) is 18.3 Å². The molecule has 86 valence electrons. The molecule has 0 aliphatic heterocycles. The number of alkyl halides is 3. The summed E-state index contributed by atoms with van der Waals surface area (Å²) in [5, 5.41) is 6.24. The lowest BCUT2D eigenvalue weighted by molar-refractivity contribution is -0.156. The average Bonchev–Trinajstić information content (AvgIpc) is 2.30. The standard InChI is InChI=1S/C9H14F3N3/c1-5-7(6(2)15(4)14-5)8(13-3)9(10,11)12/h8,13H,1-4H3. The van der Waals surface area contributed by atoms with Crippen LogP contribution in [0.25, 0.3) is 0 Å². The molecule has 0 aliphatic rings. The molecule has 0 aromatic carbocycles. The Morgan fingerprint density at radius 1 is 1.33 bits per heavy atom. The molecule has 0 bridgehead atoms. The second kappa shape index (κ2) is 3.84. The third-order valence-electron chi connectivity index (χ3n) is 2.47. The van der Waals surface area contributed by atoms with Gasteiger partial charge in [0.15, 0.2) is 0 Å². The fraction of sp³-hybridized carbons (Fsp3) is 0.667. The maximum Gasteiger partial charge on any atom is 0.408 e. The van der Waals surface area contributed by atoms with Crippen molar-refractivity contribution in [2.24, 2.45) is 7.05 Å². The number of rotatable bonds is 2. The van der Waals surface area contributed by atoms with Gasteiger partial charge in [0, 0.05) is 18.3 Å². The number of aromatic nitrogens is 2. The van der Waals surface area contributed by atoms with Crippen molar-refractivity contribution < 1.29 is 13.2 Å². The van der Waals surface area contributed by atoms with E-state index in [4.69, 9.17) is 0 Å². The van der Waals surface area contributed by atoms with Gasteiger partial charge < -0.3 is 5.32 Å². The summed E-state index contributed by atoms with van der Waals surface area (Å²) in [5.74, 6) is 0. The van der Waals surface area contributed by atoms with E-state index in [9.17, 15) is 13.2 Å². The van der Waals surface area contributed by atoms with Crippen molar-refractivity contribution in [2.45, 2.75) is 26.1 Å². The van der Waals surface area contributed by atoms with Crippen molar-refractivity contribution in [1.29, 1.82) is 0 Å². The highest BCUT2D eigenvalue weighted by Crippen LogP contribution is 2.35. The minimum atomic E-state index is -4.30. The minimum absolute atomic E-state index is 0.215. The Balaban J connectivity index is 3.24. The SMILES string of the molecule is CNC(c1c(C)nn(C)c1C)C(F)(F)F. The Morgan fingerprint density at radius 3 is 2.13 bits per heavy atom. The quantitative estimate of drug-likeness (QED) is 0.826. The molecule has 1 rings (SSSR count). The molecule has 1 aromatic heterocycles. The third-order valence-corrected chi connectivity index (χ3v) is 2.47. The molecule has 0 spiro atoms. The van der Waals surface area contributed by atoms with Crippen molar-refractivity contribution in [2.75, 3.05) is 7.05 Å². The Kier molecular flexibility index (Phi) is 3.08. The molecule has 1 heterocycles. The van der Waals surface area contributed by atoms with E-state index in [1.165, 1.54) is 11.7 Å². The van der Waals surface area contributed by atoms with Gasteiger partial charge in [0.25, 0.3) is 0 Å². The summed E-state index contributed by atoms with van der Waals surface area (Å²) in [7, 11) is 2.93. The zero-order valence-electron chi connectivity index (χ0n) is 9.11. The highest BCUT2D eigenvalue weighted by atomic mass is 19.4. The first kappa shape index (κ1) is 12.0. The Hall–Kier alpha value is -1.04. The van der Waals surface area contributed by atoms with E-state index in [1.54, 1.807) is 20.9 Å². The molecule has 15 heavy (non-hydrogen) atoms. The predicted octanol–water partition coefficient (Wildman–Crippen LogP) is 1.86. The fourth-order valence-corrected chi connectivity index (χ4v) is 1.68. The Labute approximate surface area is 86.3 Å². The first-order valence-electron chi connectivity index (χ1n) is 4.53. The number of halogens is 3. The number of hydrogen-bond acceptors (Lipinski definition) is 2. The van der Waals surface area contributed by atoms with Crippen LogP contribution in [0.1, 0.15) is 23.0 Å². The van der Waals surface area contributed by atoms with Crippen molar-refractivity contribution >= 4 is 0 Å². The lowest BCUT2D eigenvalue weighted by Gasteiger charge is -2.20. The van der Waals surface area contributed by atoms with Crippen LogP contribution in [0.5, 0.6) is 0 Å². The zero-order valence-corrected chi connectivity index (χ0v) is 9.11. The van der Waals surface area contributed by atoms with E-state index in [1.807, 2.05) is 0 Å². The van der Waals surface area contributed by atoms with E-state index < -0.39 is 12.2 Å². The summed E-state index contributed by atoms with van der Waals surface area (Å²) in [6, 6.07) is -1.65. The molecule has 1 N–H and O–H groups in total. The van der Waals surface area contributed by atoms with Gasteiger partial charge in [0.1, 0.15) is 6.04 Å². The monoisotopic (exact) mass is 221 g/mol. The smallest absolute Gasteiger partial charge is 0.305 e. The van der Waals surface area contributed by atoms with Crippen LogP contribution in [-0.4, -0.2) is 23.0 Å². The van der Waals surface area contributed by atoms with Crippen LogP contribution in [0.4, 0.5) is 13.2 Å². The molecule has 3 nitrogen and oxygen atoms in total. The summed E-state index contributed by atoms with van der Waals surface area (Å²) in [5.41, 5.74) is 1.16. The lowest BCUT2D eigenvalue weighted by Crippen LogP contribution is -2.32. The molecule has 0 saturated carbocycles. The van der Waals surface area contributed by atoms with Crippen molar-refractivity contribution in [3.63, 3.8) is 0 Å². The minimum Gasteiger partial charge on any atom is -0.305 e. The molecular weight excluding hydrogens is 207 g/mol. The van der Waals surface area contributed by atoms with Crippen molar-refractivity contribution in [1.82, 2.24) is 15.1 Å². The van der Waals surface area contributed by atoms with E-state index in [0.29, 0.717) is 11.4 Å². The van der Waals surface area contributed by atoms with Crippen LogP contribution >= 0.6 is 0 Å². The highest BCUT2D eigenvalue weighted by Gasteiger charge is 2.42. The van der Waals surface area contributed by atoms with Gasteiger partial charge in [0.2, 0.25) is 0 Å². The van der Waals surface area contributed by atoms with Gasteiger partial charge in [0.05, 0.1) is 5.69 Å².